The van der Waals surface area contributed by atoms with E-state index < -0.39 is 0 Å². The Kier molecular flexibility index (Phi) is 5.51. The van der Waals surface area contributed by atoms with Gasteiger partial charge in [-0.25, -0.2) is 0 Å². The van der Waals surface area contributed by atoms with Crippen molar-refractivity contribution in [3.8, 4) is 5.75 Å². The summed E-state index contributed by atoms with van der Waals surface area (Å²) in [6.07, 6.45) is 0.672. The van der Waals surface area contributed by atoms with E-state index in [0.717, 1.165) is 22.6 Å². The van der Waals surface area contributed by atoms with Crippen LogP contribution in [0.5, 0.6) is 5.75 Å². The second-order valence-electron chi connectivity index (χ2n) is 5.34. The third-order valence-corrected chi connectivity index (χ3v) is 4.45. The van der Waals surface area contributed by atoms with Gasteiger partial charge in [0.1, 0.15) is 5.75 Å². The molecule has 124 valence electrons. The molecule has 0 radical (unpaired) electrons. The van der Waals surface area contributed by atoms with E-state index in [9.17, 15) is 0 Å². The molecule has 2 aromatic carbocycles. The minimum Gasteiger partial charge on any atom is -0.497 e. The van der Waals surface area contributed by atoms with Crippen molar-refractivity contribution >= 4 is 11.8 Å². The number of ether oxygens (including phenoxy) is 1. The summed E-state index contributed by atoms with van der Waals surface area (Å²) in [6, 6.07) is 17.7. The van der Waals surface area contributed by atoms with E-state index >= 15 is 0 Å². The second kappa shape index (κ2) is 7.99. The zero-order chi connectivity index (χ0) is 16.8. The highest BCUT2D eigenvalue weighted by Gasteiger charge is 2.15. The lowest BCUT2D eigenvalue weighted by atomic mass is 10.1. The van der Waals surface area contributed by atoms with Crippen LogP contribution in [0.15, 0.2) is 64.2 Å². The summed E-state index contributed by atoms with van der Waals surface area (Å²) >= 11 is 1.49. The Morgan fingerprint density at radius 2 is 1.79 bits per heavy atom. The van der Waals surface area contributed by atoms with E-state index in [2.05, 4.69) is 10.2 Å². The second-order valence-corrected chi connectivity index (χ2v) is 6.27. The fourth-order valence-corrected chi connectivity index (χ4v) is 2.98. The van der Waals surface area contributed by atoms with Crippen LogP contribution in [0.3, 0.4) is 0 Å². The molecule has 0 fully saturated rings. The average molecular weight is 341 g/mol. The Balaban J connectivity index is 1.56. The number of hydrogen-bond acceptors (Lipinski definition) is 6. The van der Waals surface area contributed by atoms with Crippen LogP contribution in [0.2, 0.25) is 0 Å². The molecular weight excluding hydrogens is 322 g/mol. The monoisotopic (exact) mass is 341 g/mol. The first kappa shape index (κ1) is 16.5. The molecule has 24 heavy (non-hydrogen) atoms. The lowest BCUT2D eigenvalue weighted by Gasteiger charge is -2.06. The number of hydrogen-bond donors (Lipinski definition) is 1. The first-order chi connectivity index (χ1) is 11.7. The van der Waals surface area contributed by atoms with Crippen molar-refractivity contribution in [3.63, 3.8) is 0 Å². The zero-order valence-corrected chi connectivity index (χ0v) is 14.2. The Labute approximate surface area is 145 Å². The fourth-order valence-electron chi connectivity index (χ4n) is 2.25. The smallest absolute Gasteiger partial charge is 0.276 e. The highest BCUT2D eigenvalue weighted by atomic mass is 32.2. The molecular formula is C18H19N3O2S. The zero-order valence-electron chi connectivity index (χ0n) is 13.4. The first-order valence-electron chi connectivity index (χ1n) is 7.63. The van der Waals surface area contributed by atoms with Crippen molar-refractivity contribution in [2.75, 3.05) is 7.11 Å². The molecule has 0 aliphatic rings. The van der Waals surface area contributed by atoms with E-state index in [1.165, 1.54) is 11.8 Å². The maximum atomic E-state index is 6.16. The van der Waals surface area contributed by atoms with Crippen LogP contribution < -0.4 is 10.5 Å². The van der Waals surface area contributed by atoms with E-state index in [1.54, 1.807) is 7.11 Å². The van der Waals surface area contributed by atoms with Gasteiger partial charge in [-0.3, -0.25) is 0 Å². The minimum absolute atomic E-state index is 0.296. The van der Waals surface area contributed by atoms with E-state index in [-0.39, 0.29) is 6.04 Å². The van der Waals surface area contributed by atoms with Gasteiger partial charge in [0.2, 0.25) is 5.89 Å². The largest absolute Gasteiger partial charge is 0.497 e. The summed E-state index contributed by atoms with van der Waals surface area (Å²) in [6.45, 7) is 0. The normalized spacial score (nSPS) is 12.1. The number of methoxy groups -OCH3 is 1. The van der Waals surface area contributed by atoms with Gasteiger partial charge in [-0.1, -0.05) is 54.2 Å². The van der Waals surface area contributed by atoms with Crippen molar-refractivity contribution in [2.24, 2.45) is 5.73 Å². The summed E-state index contributed by atoms with van der Waals surface area (Å²) in [5.74, 6) is 2.06. The van der Waals surface area contributed by atoms with Crippen molar-refractivity contribution in [1.29, 1.82) is 0 Å². The molecule has 0 aliphatic heterocycles. The summed E-state index contributed by atoms with van der Waals surface area (Å²) in [5.41, 5.74) is 8.47. The number of nitrogens with two attached hydrogens (primary N) is 1. The van der Waals surface area contributed by atoms with E-state index in [0.29, 0.717) is 17.5 Å². The average Bonchev–Trinajstić information content (AvgIpc) is 3.10. The number of rotatable bonds is 7. The molecule has 2 N–H and O–H groups in total. The van der Waals surface area contributed by atoms with E-state index in [1.807, 2.05) is 54.6 Å². The quantitative estimate of drug-likeness (QED) is 0.662. The maximum Gasteiger partial charge on any atom is 0.276 e. The van der Waals surface area contributed by atoms with Gasteiger partial charge in [0, 0.05) is 5.75 Å². The Hall–Kier alpha value is -2.31. The molecule has 3 rings (SSSR count). The van der Waals surface area contributed by atoms with Gasteiger partial charge < -0.3 is 14.9 Å². The van der Waals surface area contributed by atoms with Gasteiger partial charge in [-0.2, -0.15) is 0 Å². The van der Waals surface area contributed by atoms with Crippen LogP contribution in [0.4, 0.5) is 0 Å². The number of thioether (sulfide) groups is 1. The molecule has 0 amide bonds. The SMILES string of the molecule is COc1ccc(CSc2nnc(C(N)Cc3ccccc3)o2)cc1. The molecule has 1 unspecified atom stereocenters. The fraction of sp³-hybridized carbons (Fsp3) is 0.222. The van der Waals surface area contributed by atoms with Crippen molar-refractivity contribution in [1.82, 2.24) is 10.2 Å². The van der Waals surface area contributed by atoms with Crippen molar-refractivity contribution in [3.05, 3.63) is 71.6 Å². The summed E-state index contributed by atoms with van der Waals surface area (Å²) in [5, 5.41) is 8.67. The van der Waals surface area contributed by atoms with Gasteiger partial charge in [-0.05, 0) is 29.7 Å². The molecule has 0 aliphatic carbocycles. The molecule has 3 aromatic rings. The number of aromatic nitrogens is 2. The molecule has 1 atom stereocenters. The molecule has 1 heterocycles. The van der Waals surface area contributed by atoms with Crippen LogP contribution >= 0.6 is 11.8 Å². The Bertz CT molecular complexity index is 759. The summed E-state index contributed by atoms with van der Waals surface area (Å²) in [7, 11) is 1.66. The van der Waals surface area contributed by atoms with Gasteiger partial charge in [0.15, 0.2) is 0 Å². The van der Waals surface area contributed by atoms with Crippen LogP contribution in [0.25, 0.3) is 0 Å². The van der Waals surface area contributed by atoms with Gasteiger partial charge in [0.05, 0.1) is 13.2 Å². The predicted molar refractivity (Wildman–Crippen MR) is 93.9 cm³/mol. The molecule has 6 heteroatoms. The number of nitrogens with zero attached hydrogens (tertiary/aromatic N) is 2. The Morgan fingerprint density at radius 1 is 1.04 bits per heavy atom. The first-order valence-corrected chi connectivity index (χ1v) is 8.62. The minimum atomic E-state index is -0.296. The number of benzene rings is 2. The van der Waals surface area contributed by atoms with E-state index in [4.69, 9.17) is 14.9 Å². The molecule has 0 saturated carbocycles. The third-order valence-electron chi connectivity index (χ3n) is 3.56. The van der Waals surface area contributed by atoms with Gasteiger partial charge in [-0.15, -0.1) is 10.2 Å². The molecule has 1 aromatic heterocycles. The van der Waals surface area contributed by atoms with Crippen LogP contribution in [-0.4, -0.2) is 17.3 Å². The molecule has 0 bridgehead atoms. The Morgan fingerprint density at radius 3 is 2.50 bits per heavy atom. The molecule has 5 nitrogen and oxygen atoms in total. The van der Waals surface area contributed by atoms with Crippen LogP contribution in [-0.2, 0) is 12.2 Å². The summed E-state index contributed by atoms with van der Waals surface area (Å²) in [4.78, 5) is 0. The highest BCUT2D eigenvalue weighted by Crippen LogP contribution is 2.24. The van der Waals surface area contributed by atoms with Crippen LogP contribution in [0, 0.1) is 0 Å². The molecule has 0 spiro atoms. The lowest BCUT2D eigenvalue weighted by molar-refractivity contribution is 0.385. The van der Waals surface area contributed by atoms with Crippen molar-refractivity contribution < 1.29 is 9.15 Å². The maximum absolute atomic E-state index is 6.16. The summed E-state index contributed by atoms with van der Waals surface area (Å²) < 4.78 is 10.8. The van der Waals surface area contributed by atoms with Gasteiger partial charge in [0.25, 0.3) is 5.22 Å². The predicted octanol–water partition coefficient (Wildman–Crippen LogP) is 3.61. The van der Waals surface area contributed by atoms with Gasteiger partial charge >= 0.3 is 0 Å². The molecule has 0 saturated heterocycles. The van der Waals surface area contributed by atoms with Crippen molar-refractivity contribution in [2.45, 2.75) is 23.4 Å². The van der Waals surface area contributed by atoms with Crippen LogP contribution in [0.1, 0.15) is 23.1 Å². The highest BCUT2D eigenvalue weighted by molar-refractivity contribution is 7.98. The standard InChI is InChI=1S/C18H19N3O2S/c1-22-15-9-7-14(8-10-15)12-24-18-21-20-17(23-18)16(19)11-13-5-3-2-4-6-13/h2-10,16H,11-12,19H2,1H3. The third kappa shape index (κ3) is 4.37. The topological polar surface area (TPSA) is 74.2 Å². The lowest BCUT2D eigenvalue weighted by Crippen LogP contribution is -2.13.